The number of alkyl halides is 9. The van der Waals surface area contributed by atoms with Gasteiger partial charge in [0.1, 0.15) is 0 Å². The van der Waals surface area contributed by atoms with E-state index in [1.54, 1.807) is 0 Å². The van der Waals surface area contributed by atoms with Crippen LogP contribution in [-0.4, -0.2) is 36.7 Å². The molecule has 0 saturated heterocycles. The van der Waals surface area contributed by atoms with E-state index in [4.69, 9.17) is 15.1 Å². The minimum atomic E-state index is -5.43. The molecule has 0 aliphatic carbocycles. The van der Waals surface area contributed by atoms with E-state index < -0.39 is 123 Å². The number of hydrogen-bond donors (Lipinski definition) is 0. The van der Waals surface area contributed by atoms with Gasteiger partial charge in [-0.3, -0.25) is 9.80 Å². The van der Waals surface area contributed by atoms with Crippen molar-refractivity contribution < 1.29 is 73.7 Å². The number of carbonyl (C=O) groups excluding carboxylic acids is 2. The molecule has 2 amide bonds. The third-order valence-electron chi connectivity index (χ3n) is 6.10. The lowest BCUT2D eigenvalue weighted by Gasteiger charge is -2.43. The number of methoxy groups -OCH3 is 1. The molecule has 1 aliphatic rings. The highest BCUT2D eigenvalue weighted by Gasteiger charge is 2.43. The summed E-state index contributed by atoms with van der Waals surface area (Å²) in [7, 11) is -3.67. The van der Waals surface area contributed by atoms with Gasteiger partial charge < -0.3 is 9.47 Å². The number of hydrogen-bond acceptors (Lipinski definition) is 4. The standard InChI is InChI=1S/C26H25F9N2O4/c1-4-18-12-21(19-11-15(24(27,28)29)6-7-20(19)37(18)23(39)41-5-2)36(22(38)40-3)13-14-8-16(25(30,31)32)10-17(9-14)26(33,34)35/h6-11,18,21H,4-5,12-13H2,1-3H3/t18-,21+/m1/s1/i1D3,2D3,3D3,5D2. The lowest BCUT2D eigenvalue weighted by atomic mass is 9.87. The van der Waals surface area contributed by atoms with E-state index in [0.29, 0.717) is 12.1 Å². The van der Waals surface area contributed by atoms with Gasteiger partial charge in [0, 0.05) is 20.8 Å². The topological polar surface area (TPSA) is 59.1 Å². The molecule has 0 radical (unpaired) electrons. The second-order valence-corrected chi connectivity index (χ2v) is 8.63. The number of rotatable bonds is 5. The Hall–Kier alpha value is -3.65. The number of nitrogens with zero attached hydrogens (tertiary/aromatic N) is 2. The molecule has 0 N–H and O–H groups in total. The lowest BCUT2D eigenvalue weighted by Crippen LogP contribution is -2.48. The van der Waals surface area contributed by atoms with Crippen LogP contribution in [0.4, 0.5) is 54.8 Å². The second-order valence-electron chi connectivity index (χ2n) is 8.63. The Morgan fingerprint density at radius 3 is 2.12 bits per heavy atom. The summed E-state index contributed by atoms with van der Waals surface area (Å²) in [6, 6.07) is -3.00. The molecular weight excluding hydrogens is 575 g/mol. The van der Waals surface area contributed by atoms with Crippen molar-refractivity contribution in [2.24, 2.45) is 0 Å². The molecule has 0 aromatic heterocycles. The summed E-state index contributed by atoms with van der Waals surface area (Å²) in [6.45, 7) is -12.0. The fourth-order valence-corrected chi connectivity index (χ4v) is 4.38. The Bertz CT molecular complexity index is 1630. The molecule has 0 unspecified atom stereocenters. The summed E-state index contributed by atoms with van der Waals surface area (Å²) in [5.41, 5.74) is -8.01. The molecule has 2 aromatic rings. The van der Waals surface area contributed by atoms with E-state index in [1.807, 2.05) is 0 Å². The highest BCUT2D eigenvalue weighted by molar-refractivity contribution is 5.90. The number of fused-ring (bicyclic) bond motifs is 1. The van der Waals surface area contributed by atoms with E-state index in [9.17, 15) is 49.1 Å². The monoisotopic (exact) mass is 611 g/mol. The normalized spacial score (nSPS) is 22.9. The van der Waals surface area contributed by atoms with Gasteiger partial charge >= 0.3 is 30.7 Å². The third-order valence-corrected chi connectivity index (χ3v) is 6.10. The van der Waals surface area contributed by atoms with Crippen LogP contribution >= 0.6 is 0 Å². The maximum absolute atomic E-state index is 14.0. The van der Waals surface area contributed by atoms with Gasteiger partial charge in [-0.1, -0.05) is 6.85 Å². The number of ether oxygens (including phenoxy) is 2. The summed E-state index contributed by atoms with van der Waals surface area (Å²) in [4.78, 5) is 27.1. The Kier molecular flexibility index (Phi) is 5.55. The number of carbonyl (C=O) groups is 2. The zero-order valence-electron chi connectivity index (χ0n) is 31.2. The van der Waals surface area contributed by atoms with Crippen molar-refractivity contribution in [3.05, 3.63) is 64.2 Å². The third kappa shape index (κ3) is 6.99. The van der Waals surface area contributed by atoms with Crippen molar-refractivity contribution in [3.63, 3.8) is 0 Å². The molecule has 0 saturated carbocycles. The molecule has 6 nitrogen and oxygen atoms in total. The first-order chi connectivity index (χ1) is 23.1. The Balaban J connectivity index is 2.38. The lowest BCUT2D eigenvalue weighted by molar-refractivity contribution is -0.143. The van der Waals surface area contributed by atoms with Gasteiger partial charge in [-0.2, -0.15) is 39.5 Å². The SMILES string of the molecule is [2H]C([2H])([2H])C[C@@H]1C[C@H](N(Cc2cc(C(F)(F)F)cc(C(F)(F)F)c2)C(=O)OC([2H])([2H])[2H])c2cc(C(F)(F)F)ccc2N1C(=O)OC([2H])([2H])C([2H])([2H])[2H]. The highest BCUT2D eigenvalue weighted by Crippen LogP contribution is 2.45. The smallest absolute Gasteiger partial charge is 0.416 e. The van der Waals surface area contributed by atoms with Gasteiger partial charge in [0.2, 0.25) is 0 Å². The first-order valence-corrected chi connectivity index (χ1v) is 11.1. The summed E-state index contributed by atoms with van der Waals surface area (Å²) in [5.74, 6) is 0. The Labute approximate surface area is 244 Å². The van der Waals surface area contributed by atoms with Crippen LogP contribution in [0.2, 0.25) is 0 Å². The predicted octanol–water partition coefficient (Wildman–Crippen LogP) is 8.20. The first-order valence-electron chi connectivity index (χ1n) is 16.6. The molecule has 41 heavy (non-hydrogen) atoms. The summed E-state index contributed by atoms with van der Waals surface area (Å²) in [6.07, 6.45) is -22.3. The zero-order valence-corrected chi connectivity index (χ0v) is 20.2. The molecule has 1 aliphatic heterocycles. The number of benzene rings is 2. The average Bonchev–Trinajstić information content (AvgIpc) is 2.91. The summed E-state index contributed by atoms with van der Waals surface area (Å²) < 4.78 is 215. The van der Waals surface area contributed by atoms with Crippen molar-refractivity contribution in [2.75, 3.05) is 18.5 Å². The minimum Gasteiger partial charge on any atom is -0.453 e. The van der Waals surface area contributed by atoms with Crippen LogP contribution < -0.4 is 4.90 Å². The summed E-state index contributed by atoms with van der Waals surface area (Å²) in [5, 5.41) is 0. The van der Waals surface area contributed by atoms with Crippen LogP contribution in [0.1, 0.15) is 75.5 Å². The predicted molar refractivity (Wildman–Crippen MR) is 127 cm³/mol. The van der Waals surface area contributed by atoms with E-state index >= 15 is 0 Å². The molecule has 2 aromatic carbocycles. The number of halogens is 9. The fraction of sp³-hybridized carbons (Fsp3) is 0.462. The van der Waals surface area contributed by atoms with Crippen molar-refractivity contribution in [1.82, 2.24) is 4.90 Å². The minimum absolute atomic E-state index is 0.123. The van der Waals surface area contributed by atoms with Gasteiger partial charge in [0.15, 0.2) is 0 Å². The summed E-state index contributed by atoms with van der Waals surface area (Å²) >= 11 is 0. The molecule has 0 fully saturated rings. The molecular formula is C26H25F9N2O4. The van der Waals surface area contributed by atoms with Crippen molar-refractivity contribution in [2.45, 2.75) is 63.7 Å². The fourth-order valence-electron chi connectivity index (χ4n) is 4.38. The van der Waals surface area contributed by atoms with Crippen LogP contribution in [0.25, 0.3) is 0 Å². The molecule has 2 atom stereocenters. The van der Waals surface area contributed by atoms with Crippen LogP contribution in [0.3, 0.4) is 0 Å². The van der Waals surface area contributed by atoms with Gasteiger partial charge in [0.05, 0.1) is 48.9 Å². The largest absolute Gasteiger partial charge is 0.453 e. The molecule has 3 rings (SSSR count). The first kappa shape index (κ1) is 19.5. The maximum Gasteiger partial charge on any atom is 0.416 e. The quantitative estimate of drug-likeness (QED) is 0.320. The van der Waals surface area contributed by atoms with Crippen LogP contribution in [0.15, 0.2) is 36.4 Å². The average molecular weight is 612 g/mol. The van der Waals surface area contributed by atoms with Crippen LogP contribution in [0, 0.1) is 0 Å². The Morgan fingerprint density at radius 1 is 0.951 bits per heavy atom. The zero-order chi connectivity index (χ0) is 40.2. The molecule has 15 heteroatoms. The van der Waals surface area contributed by atoms with E-state index in [1.165, 1.54) is 0 Å². The molecule has 0 spiro atoms. The van der Waals surface area contributed by atoms with Gasteiger partial charge in [-0.15, -0.1) is 0 Å². The van der Waals surface area contributed by atoms with E-state index in [0.717, 1.165) is 0 Å². The van der Waals surface area contributed by atoms with Crippen molar-refractivity contribution >= 4 is 17.9 Å². The Morgan fingerprint density at radius 2 is 1.59 bits per heavy atom. The van der Waals surface area contributed by atoms with Gasteiger partial charge in [-0.05, 0) is 67.2 Å². The van der Waals surface area contributed by atoms with E-state index in [-0.39, 0.29) is 34.1 Å². The maximum atomic E-state index is 14.0. The second kappa shape index (κ2) is 11.7. The van der Waals surface area contributed by atoms with Crippen LogP contribution in [-0.2, 0) is 34.5 Å². The molecule has 1 heterocycles. The van der Waals surface area contributed by atoms with Gasteiger partial charge in [-0.25, -0.2) is 9.59 Å². The van der Waals surface area contributed by atoms with Crippen molar-refractivity contribution in [3.8, 4) is 0 Å². The van der Waals surface area contributed by atoms with Crippen molar-refractivity contribution in [1.29, 1.82) is 0 Å². The number of amides is 2. The number of anilines is 1. The molecule has 0 bridgehead atoms. The van der Waals surface area contributed by atoms with E-state index in [2.05, 4.69) is 9.47 Å². The van der Waals surface area contributed by atoms with Crippen LogP contribution in [0.5, 0.6) is 0 Å². The molecule has 226 valence electrons. The highest BCUT2D eigenvalue weighted by atomic mass is 19.4. The van der Waals surface area contributed by atoms with Gasteiger partial charge in [0.25, 0.3) is 0 Å².